The highest BCUT2D eigenvalue weighted by molar-refractivity contribution is 4.37. The van der Waals surface area contributed by atoms with Crippen LogP contribution in [0.15, 0.2) is 0 Å². The quantitative estimate of drug-likeness (QED) is 0.506. The Hall–Kier alpha value is 0.210. The van der Waals surface area contributed by atoms with Crippen LogP contribution in [0.5, 0.6) is 0 Å². The molecule has 0 aliphatic rings. The van der Waals surface area contributed by atoms with Gasteiger partial charge in [-0.15, -0.1) is 0 Å². The summed E-state index contributed by atoms with van der Waals surface area (Å²) in [5, 5.41) is 0. The fraction of sp³-hybridized carbons (Fsp3) is 1.00. The minimum Gasteiger partial charge on any atom is -1.00 e. The van der Waals surface area contributed by atoms with E-state index in [9.17, 15) is 0 Å². The summed E-state index contributed by atoms with van der Waals surface area (Å²) >= 11 is 0. The number of hydrogen-bond acceptors (Lipinski definition) is 0. The van der Waals surface area contributed by atoms with Crippen LogP contribution in [0.3, 0.4) is 0 Å². The van der Waals surface area contributed by atoms with Crippen molar-refractivity contribution < 1.29 is 22.8 Å². The SMILES string of the molecule is CCCC[NH+](CCCC)CCCC.O.[Cl-]. The minimum absolute atomic E-state index is 0. The van der Waals surface area contributed by atoms with E-state index in [0.717, 1.165) is 0 Å². The van der Waals surface area contributed by atoms with Crippen molar-refractivity contribution in [2.24, 2.45) is 0 Å². The molecule has 0 bridgehead atoms. The Morgan fingerprint density at radius 1 is 0.667 bits per heavy atom. The van der Waals surface area contributed by atoms with Crippen LogP contribution in [0, 0.1) is 0 Å². The third kappa shape index (κ3) is 14.2. The molecular weight excluding hydrogens is 210 g/mol. The molecule has 0 heterocycles. The molecule has 0 atom stereocenters. The number of halogens is 1. The summed E-state index contributed by atoms with van der Waals surface area (Å²) in [5.74, 6) is 0. The van der Waals surface area contributed by atoms with Gasteiger partial charge in [-0.25, -0.2) is 0 Å². The van der Waals surface area contributed by atoms with Crippen LogP contribution in [0.2, 0.25) is 0 Å². The fourth-order valence-corrected chi connectivity index (χ4v) is 1.66. The first-order valence-corrected chi connectivity index (χ1v) is 6.18. The molecule has 0 unspecified atom stereocenters. The van der Waals surface area contributed by atoms with E-state index in [2.05, 4.69) is 20.8 Å². The Kier molecular flexibility index (Phi) is 22.8. The van der Waals surface area contributed by atoms with Crippen molar-refractivity contribution in [2.75, 3.05) is 19.6 Å². The van der Waals surface area contributed by atoms with Crippen molar-refractivity contribution in [3.63, 3.8) is 0 Å². The van der Waals surface area contributed by atoms with Gasteiger partial charge in [-0.2, -0.15) is 0 Å². The molecule has 0 rings (SSSR count). The predicted octanol–water partition coefficient (Wildman–Crippen LogP) is -1.55. The Bertz CT molecular complexity index is 82.6. The molecule has 15 heavy (non-hydrogen) atoms. The summed E-state index contributed by atoms with van der Waals surface area (Å²) in [6.07, 6.45) is 8.26. The van der Waals surface area contributed by atoms with Crippen LogP contribution < -0.4 is 17.3 Å². The van der Waals surface area contributed by atoms with Gasteiger partial charge in [0.15, 0.2) is 0 Å². The molecule has 3 heteroatoms. The van der Waals surface area contributed by atoms with Gasteiger partial charge in [0.2, 0.25) is 0 Å². The van der Waals surface area contributed by atoms with Crippen LogP contribution in [0.25, 0.3) is 0 Å². The molecule has 0 aromatic heterocycles. The topological polar surface area (TPSA) is 35.9 Å². The molecule has 0 aromatic carbocycles. The van der Waals surface area contributed by atoms with E-state index >= 15 is 0 Å². The molecule has 0 aliphatic heterocycles. The Balaban J connectivity index is -0.000000720. The lowest BCUT2D eigenvalue weighted by Gasteiger charge is -2.18. The summed E-state index contributed by atoms with van der Waals surface area (Å²) in [5.41, 5.74) is 0. The van der Waals surface area contributed by atoms with Crippen LogP contribution >= 0.6 is 0 Å². The lowest BCUT2D eigenvalue weighted by Crippen LogP contribution is -3.12. The number of rotatable bonds is 9. The summed E-state index contributed by atoms with van der Waals surface area (Å²) < 4.78 is 0. The van der Waals surface area contributed by atoms with Gasteiger partial charge in [0.25, 0.3) is 0 Å². The molecule has 0 spiro atoms. The molecule has 2 nitrogen and oxygen atoms in total. The third-order valence-electron chi connectivity index (χ3n) is 2.65. The highest BCUT2D eigenvalue weighted by atomic mass is 35.5. The fourth-order valence-electron chi connectivity index (χ4n) is 1.66. The smallest absolute Gasteiger partial charge is 0.0770 e. The maximum atomic E-state index is 2.29. The standard InChI is InChI=1S/C12H27N.ClH.H2O/c1-4-7-10-13(11-8-5-2)12-9-6-3;;/h4-12H2,1-3H3;1H;1H2. The molecule has 0 saturated carbocycles. The molecule has 0 fully saturated rings. The Labute approximate surface area is 102 Å². The van der Waals surface area contributed by atoms with Crippen molar-refractivity contribution in [1.29, 1.82) is 0 Å². The maximum absolute atomic E-state index is 2.29. The summed E-state index contributed by atoms with van der Waals surface area (Å²) in [4.78, 5) is 1.84. The summed E-state index contributed by atoms with van der Waals surface area (Å²) in [7, 11) is 0. The van der Waals surface area contributed by atoms with Crippen LogP contribution in [-0.4, -0.2) is 25.1 Å². The van der Waals surface area contributed by atoms with E-state index < -0.39 is 0 Å². The average Bonchev–Trinajstić information content (AvgIpc) is 2.17. The molecular formula is C12H30ClNO. The first-order valence-electron chi connectivity index (χ1n) is 6.18. The second-order valence-corrected chi connectivity index (χ2v) is 4.06. The Morgan fingerprint density at radius 2 is 0.933 bits per heavy atom. The highest BCUT2D eigenvalue weighted by Crippen LogP contribution is 1.85. The van der Waals surface area contributed by atoms with Gasteiger partial charge in [0.1, 0.15) is 0 Å². The number of hydrogen-bond donors (Lipinski definition) is 1. The van der Waals surface area contributed by atoms with Crippen molar-refractivity contribution in [1.82, 2.24) is 0 Å². The van der Waals surface area contributed by atoms with E-state index in [4.69, 9.17) is 0 Å². The molecule has 96 valence electrons. The molecule has 3 N–H and O–H groups in total. The normalized spacial score (nSPS) is 9.60. The van der Waals surface area contributed by atoms with E-state index in [0.29, 0.717) is 0 Å². The van der Waals surface area contributed by atoms with Gasteiger partial charge in [-0.1, -0.05) is 40.0 Å². The van der Waals surface area contributed by atoms with Crippen LogP contribution in [-0.2, 0) is 0 Å². The number of nitrogens with one attached hydrogen (secondary N) is 1. The molecule has 0 amide bonds. The number of unbranched alkanes of at least 4 members (excludes halogenated alkanes) is 3. The second-order valence-electron chi connectivity index (χ2n) is 4.06. The van der Waals surface area contributed by atoms with Gasteiger partial charge in [0.05, 0.1) is 19.6 Å². The lowest BCUT2D eigenvalue weighted by molar-refractivity contribution is -0.900. The first kappa shape index (κ1) is 20.6. The zero-order chi connectivity index (χ0) is 9.94. The first-order chi connectivity index (χ1) is 6.35. The van der Waals surface area contributed by atoms with Crippen molar-refractivity contribution in [3.05, 3.63) is 0 Å². The van der Waals surface area contributed by atoms with Gasteiger partial charge in [-0.05, 0) is 19.3 Å². The lowest BCUT2D eigenvalue weighted by atomic mass is 10.2. The third-order valence-corrected chi connectivity index (χ3v) is 2.65. The van der Waals surface area contributed by atoms with Crippen molar-refractivity contribution >= 4 is 0 Å². The molecule has 0 saturated heterocycles. The van der Waals surface area contributed by atoms with Crippen LogP contribution in [0.1, 0.15) is 59.3 Å². The van der Waals surface area contributed by atoms with Crippen molar-refractivity contribution in [3.8, 4) is 0 Å². The molecule has 0 radical (unpaired) electrons. The molecule has 0 aromatic rings. The van der Waals surface area contributed by atoms with Crippen LogP contribution in [0.4, 0.5) is 0 Å². The van der Waals surface area contributed by atoms with E-state index in [1.165, 1.54) is 58.2 Å². The second kappa shape index (κ2) is 16.6. The van der Waals surface area contributed by atoms with Gasteiger partial charge >= 0.3 is 0 Å². The van der Waals surface area contributed by atoms with E-state index in [1.54, 1.807) is 0 Å². The number of quaternary nitrogens is 1. The molecule has 0 aliphatic carbocycles. The van der Waals surface area contributed by atoms with Crippen molar-refractivity contribution in [2.45, 2.75) is 59.3 Å². The predicted molar refractivity (Wildman–Crippen MR) is 63.9 cm³/mol. The van der Waals surface area contributed by atoms with Gasteiger partial charge in [0, 0.05) is 0 Å². The average molecular weight is 240 g/mol. The highest BCUT2D eigenvalue weighted by Gasteiger charge is 2.05. The Morgan fingerprint density at radius 3 is 1.13 bits per heavy atom. The van der Waals surface area contributed by atoms with Gasteiger partial charge < -0.3 is 22.8 Å². The maximum Gasteiger partial charge on any atom is 0.0770 e. The minimum atomic E-state index is 0. The van der Waals surface area contributed by atoms with Gasteiger partial charge in [-0.3, -0.25) is 0 Å². The summed E-state index contributed by atoms with van der Waals surface area (Å²) in [6.45, 7) is 11.1. The summed E-state index contributed by atoms with van der Waals surface area (Å²) in [6, 6.07) is 0. The monoisotopic (exact) mass is 239 g/mol. The zero-order valence-corrected chi connectivity index (χ0v) is 11.5. The van der Waals surface area contributed by atoms with E-state index in [-0.39, 0.29) is 17.9 Å². The largest absolute Gasteiger partial charge is 1.00 e. The zero-order valence-electron chi connectivity index (χ0n) is 10.7. The van der Waals surface area contributed by atoms with E-state index in [1.807, 2.05) is 4.90 Å².